The Morgan fingerprint density at radius 1 is 1.30 bits per heavy atom. The molecule has 2 N–H and O–H groups in total. The summed E-state index contributed by atoms with van der Waals surface area (Å²) >= 11 is 3.43. The molecule has 5 rings (SSSR count). The summed E-state index contributed by atoms with van der Waals surface area (Å²) in [6.45, 7) is 0. The van der Waals surface area contributed by atoms with Gasteiger partial charge in [-0.1, -0.05) is 6.07 Å². The molecule has 0 aliphatic heterocycles. The van der Waals surface area contributed by atoms with E-state index in [0.29, 0.717) is 38.2 Å². The Hall–Kier alpha value is -3.14. The molecule has 0 spiro atoms. The monoisotopic (exact) mass is 469 g/mol. The van der Waals surface area contributed by atoms with Crippen molar-refractivity contribution in [3.63, 3.8) is 0 Å². The predicted molar refractivity (Wildman–Crippen MR) is 114 cm³/mol. The van der Waals surface area contributed by atoms with Crippen LogP contribution in [0.3, 0.4) is 0 Å². The van der Waals surface area contributed by atoms with E-state index in [4.69, 9.17) is 0 Å². The van der Waals surface area contributed by atoms with Gasteiger partial charge in [0.2, 0.25) is 11.9 Å². The van der Waals surface area contributed by atoms with Gasteiger partial charge in [0.05, 0.1) is 11.1 Å². The molecular formula is C20H17BrFN7O. The number of aromatic nitrogens is 5. The summed E-state index contributed by atoms with van der Waals surface area (Å²) < 4.78 is 16.7. The van der Waals surface area contributed by atoms with E-state index < -0.39 is 5.82 Å². The molecule has 8 nitrogen and oxygen atoms in total. The van der Waals surface area contributed by atoms with Crippen molar-refractivity contribution in [3.05, 3.63) is 47.1 Å². The smallest absolute Gasteiger partial charge is 0.224 e. The third-order valence-electron chi connectivity index (χ3n) is 5.36. The van der Waals surface area contributed by atoms with Gasteiger partial charge in [-0.05, 0) is 40.9 Å². The van der Waals surface area contributed by atoms with Crippen molar-refractivity contribution in [2.75, 3.05) is 12.4 Å². The fraction of sp³-hybridized carbons (Fsp3) is 0.250. The Balaban J connectivity index is 1.49. The molecule has 3 heterocycles. The van der Waals surface area contributed by atoms with Gasteiger partial charge in [0.15, 0.2) is 11.5 Å². The van der Waals surface area contributed by atoms with Crippen molar-refractivity contribution in [2.45, 2.75) is 18.9 Å². The molecule has 152 valence electrons. The van der Waals surface area contributed by atoms with Crippen LogP contribution in [0, 0.1) is 11.7 Å². The Bertz CT molecular complexity index is 1290. The Labute approximate surface area is 179 Å². The first-order valence-electron chi connectivity index (χ1n) is 9.47. The number of fused-ring (bicyclic) bond motifs is 2. The zero-order chi connectivity index (χ0) is 20.8. The van der Waals surface area contributed by atoms with Crippen LogP contribution < -0.4 is 10.6 Å². The Kier molecular flexibility index (Phi) is 4.58. The fourth-order valence-corrected chi connectivity index (χ4v) is 4.15. The number of hydrogen-bond donors (Lipinski definition) is 2. The maximum atomic E-state index is 14.6. The summed E-state index contributed by atoms with van der Waals surface area (Å²) in [5.41, 5.74) is 1.39. The fourth-order valence-electron chi connectivity index (χ4n) is 3.71. The van der Waals surface area contributed by atoms with Crippen LogP contribution in [0.4, 0.5) is 10.3 Å². The maximum absolute atomic E-state index is 14.6. The van der Waals surface area contributed by atoms with Crippen molar-refractivity contribution < 1.29 is 9.18 Å². The minimum atomic E-state index is -0.426. The van der Waals surface area contributed by atoms with Crippen molar-refractivity contribution >= 4 is 49.7 Å². The van der Waals surface area contributed by atoms with Crippen molar-refractivity contribution in [2.24, 2.45) is 5.92 Å². The van der Waals surface area contributed by atoms with Gasteiger partial charge in [-0.3, -0.25) is 9.78 Å². The average molecular weight is 470 g/mol. The van der Waals surface area contributed by atoms with Gasteiger partial charge < -0.3 is 10.6 Å². The first-order chi connectivity index (χ1) is 14.5. The van der Waals surface area contributed by atoms with Gasteiger partial charge in [0.1, 0.15) is 10.1 Å². The molecule has 4 aromatic rings. The molecule has 0 unspecified atom stereocenters. The van der Waals surface area contributed by atoms with E-state index in [2.05, 4.69) is 46.6 Å². The van der Waals surface area contributed by atoms with E-state index in [1.807, 2.05) is 6.07 Å². The van der Waals surface area contributed by atoms with E-state index in [1.165, 1.54) is 6.07 Å². The summed E-state index contributed by atoms with van der Waals surface area (Å²) in [6, 6.07) is 6.91. The number of hydrogen-bond acceptors (Lipinski definition) is 6. The zero-order valence-corrected chi connectivity index (χ0v) is 17.5. The van der Waals surface area contributed by atoms with E-state index in [9.17, 15) is 9.18 Å². The lowest BCUT2D eigenvalue weighted by atomic mass is 9.80. The normalized spacial score (nSPS) is 18.4. The van der Waals surface area contributed by atoms with E-state index in [1.54, 1.807) is 36.3 Å². The molecule has 1 aromatic carbocycles. The third kappa shape index (κ3) is 3.17. The molecule has 1 amide bonds. The van der Waals surface area contributed by atoms with E-state index in [-0.39, 0.29) is 17.9 Å². The van der Waals surface area contributed by atoms with Gasteiger partial charge in [-0.25, -0.2) is 14.1 Å². The molecule has 1 aliphatic rings. The summed E-state index contributed by atoms with van der Waals surface area (Å²) in [4.78, 5) is 24.7. The highest BCUT2D eigenvalue weighted by molar-refractivity contribution is 9.10. The molecule has 1 saturated carbocycles. The number of pyridine rings is 1. The molecular weight excluding hydrogens is 453 g/mol. The summed E-state index contributed by atoms with van der Waals surface area (Å²) in [6.07, 6.45) is 4.69. The number of carbonyl (C=O) groups is 1. The van der Waals surface area contributed by atoms with E-state index in [0.717, 1.165) is 12.8 Å². The number of halogens is 2. The molecule has 0 atom stereocenters. The minimum Gasteiger partial charge on any atom is -0.359 e. The van der Waals surface area contributed by atoms with Crippen LogP contribution in [0.1, 0.15) is 12.8 Å². The van der Waals surface area contributed by atoms with Crippen LogP contribution >= 0.6 is 15.9 Å². The Morgan fingerprint density at radius 3 is 2.93 bits per heavy atom. The largest absolute Gasteiger partial charge is 0.359 e. The number of benzene rings is 1. The van der Waals surface area contributed by atoms with Gasteiger partial charge >= 0.3 is 0 Å². The molecule has 0 bridgehead atoms. The number of nitrogens with one attached hydrogen (secondary N) is 2. The van der Waals surface area contributed by atoms with Crippen molar-refractivity contribution in [1.82, 2.24) is 30.0 Å². The van der Waals surface area contributed by atoms with Crippen LogP contribution in [0.15, 0.2) is 41.3 Å². The third-order valence-corrected chi connectivity index (χ3v) is 5.94. The first-order valence-corrected chi connectivity index (χ1v) is 10.3. The maximum Gasteiger partial charge on any atom is 0.224 e. The zero-order valence-electron chi connectivity index (χ0n) is 15.9. The predicted octanol–water partition coefficient (Wildman–Crippen LogP) is 3.20. The number of nitrogens with zero attached hydrogens (tertiary/aromatic N) is 5. The van der Waals surface area contributed by atoms with Gasteiger partial charge in [-0.15, -0.1) is 0 Å². The standard InChI is InChI=1S/C20H17BrFN7O/c1-23-19(30)11-5-12(6-11)26-20-25-9-14-17(21)28-29(18(14)27-20)13-7-10-3-2-4-24-16(10)15(22)8-13/h2-4,7-9,11-12H,5-6H2,1H3,(H,23,30)(H,25,26,27). The quantitative estimate of drug-likeness (QED) is 0.476. The second kappa shape index (κ2) is 7.28. The topological polar surface area (TPSA) is 97.6 Å². The SMILES string of the molecule is CNC(=O)C1CC(Nc2ncc3c(Br)nn(-c4cc(F)c5ncccc5c4)c3n2)C1. The molecule has 10 heteroatoms. The molecule has 30 heavy (non-hydrogen) atoms. The highest BCUT2D eigenvalue weighted by Crippen LogP contribution is 2.31. The molecule has 1 fully saturated rings. The molecule has 1 aliphatic carbocycles. The second-order valence-electron chi connectivity index (χ2n) is 7.26. The minimum absolute atomic E-state index is 0.0186. The number of anilines is 1. The van der Waals surface area contributed by atoms with Crippen molar-refractivity contribution in [3.8, 4) is 5.69 Å². The lowest BCUT2D eigenvalue weighted by molar-refractivity contribution is -0.127. The van der Waals surface area contributed by atoms with E-state index >= 15 is 0 Å². The van der Waals surface area contributed by atoms with Gasteiger partial charge in [0.25, 0.3) is 0 Å². The van der Waals surface area contributed by atoms with Crippen LogP contribution in [0.25, 0.3) is 27.6 Å². The van der Waals surface area contributed by atoms with Crippen LogP contribution in [0.2, 0.25) is 0 Å². The summed E-state index contributed by atoms with van der Waals surface area (Å²) in [7, 11) is 1.64. The molecule has 3 aromatic heterocycles. The van der Waals surface area contributed by atoms with Crippen LogP contribution in [-0.4, -0.2) is 43.7 Å². The lowest BCUT2D eigenvalue weighted by Crippen LogP contribution is -2.43. The van der Waals surface area contributed by atoms with Gasteiger partial charge in [0, 0.05) is 42.9 Å². The van der Waals surface area contributed by atoms with Crippen LogP contribution in [-0.2, 0) is 4.79 Å². The van der Waals surface area contributed by atoms with Crippen molar-refractivity contribution in [1.29, 1.82) is 0 Å². The summed E-state index contributed by atoms with van der Waals surface area (Å²) in [5.74, 6) is 0.0914. The second-order valence-corrected chi connectivity index (χ2v) is 8.01. The first kappa shape index (κ1) is 18.9. The highest BCUT2D eigenvalue weighted by atomic mass is 79.9. The Morgan fingerprint density at radius 2 is 2.13 bits per heavy atom. The van der Waals surface area contributed by atoms with Crippen LogP contribution in [0.5, 0.6) is 0 Å². The molecule has 0 radical (unpaired) electrons. The number of carbonyl (C=O) groups excluding carboxylic acids is 1. The number of amides is 1. The summed E-state index contributed by atoms with van der Waals surface area (Å²) in [5, 5.41) is 11.8. The van der Waals surface area contributed by atoms with Gasteiger partial charge in [-0.2, -0.15) is 10.1 Å². The lowest BCUT2D eigenvalue weighted by Gasteiger charge is -2.34. The number of rotatable bonds is 4. The average Bonchev–Trinajstić information content (AvgIpc) is 3.06. The highest BCUT2D eigenvalue weighted by Gasteiger charge is 2.34. The molecule has 0 saturated heterocycles.